The molecular weight excluding hydrogens is 420 g/mol. The zero-order valence-electron chi connectivity index (χ0n) is 18.6. The van der Waals surface area contributed by atoms with Crippen LogP contribution < -0.4 is 20.1 Å². The molecule has 0 radical (unpaired) electrons. The Morgan fingerprint density at radius 3 is 2.76 bits per heavy atom. The van der Waals surface area contributed by atoms with E-state index in [1.54, 1.807) is 25.4 Å². The first-order valence-corrected chi connectivity index (χ1v) is 10.7. The molecule has 1 aromatic heterocycles. The zero-order valence-corrected chi connectivity index (χ0v) is 18.6. The number of oxime groups is 1. The molecule has 0 saturated carbocycles. The van der Waals surface area contributed by atoms with Crippen LogP contribution in [0.4, 0.5) is 10.5 Å². The van der Waals surface area contributed by atoms with Gasteiger partial charge < -0.3 is 24.9 Å². The lowest BCUT2D eigenvalue weighted by Crippen LogP contribution is -2.33. The Morgan fingerprint density at radius 1 is 1.15 bits per heavy atom. The maximum atomic E-state index is 12.1. The van der Waals surface area contributed by atoms with E-state index >= 15 is 0 Å². The molecule has 1 aliphatic rings. The average molecular weight is 447 g/mol. The molecule has 0 aliphatic carbocycles. The summed E-state index contributed by atoms with van der Waals surface area (Å²) in [5.74, 6) is 1.57. The van der Waals surface area contributed by atoms with Crippen LogP contribution in [-0.2, 0) is 4.84 Å². The van der Waals surface area contributed by atoms with E-state index in [1.807, 2.05) is 55.5 Å². The number of amides is 2. The minimum atomic E-state index is -0.309. The molecule has 2 N–H and O–H groups in total. The van der Waals surface area contributed by atoms with E-state index in [1.165, 1.54) is 0 Å². The molecule has 8 heteroatoms. The summed E-state index contributed by atoms with van der Waals surface area (Å²) in [7, 11) is 1.65. The largest absolute Gasteiger partial charge is 0.497 e. The third-order valence-electron chi connectivity index (χ3n) is 5.11. The van der Waals surface area contributed by atoms with Crippen LogP contribution in [0.15, 0.2) is 72.0 Å². The molecule has 2 heterocycles. The maximum Gasteiger partial charge on any atom is 0.319 e. The van der Waals surface area contributed by atoms with Gasteiger partial charge in [-0.1, -0.05) is 35.5 Å². The molecule has 0 saturated heterocycles. The Kier molecular flexibility index (Phi) is 7.04. The average Bonchev–Trinajstić information content (AvgIpc) is 3.30. The number of rotatable bonds is 8. The van der Waals surface area contributed by atoms with Gasteiger partial charge in [-0.15, -0.1) is 0 Å². The molecule has 1 unspecified atom stereocenters. The summed E-state index contributed by atoms with van der Waals surface area (Å²) in [6.07, 6.45) is 2.02. The predicted octanol–water partition coefficient (Wildman–Crippen LogP) is 4.41. The zero-order chi connectivity index (χ0) is 23.0. The second-order valence-electron chi connectivity index (χ2n) is 7.62. The number of benzene rings is 2. The van der Waals surface area contributed by atoms with Gasteiger partial charge in [-0.05, 0) is 42.8 Å². The number of carbonyl (C=O) groups is 1. The number of pyridine rings is 1. The summed E-state index contributed by atoms with van der Waals surface area (Å²) >= 11 is 0. The van der Waals surface area contributed by atoms with Crippen molar-refractivity contribution in [2.75, 3.05) is 25.6 Å². The molecule has 3 aromatic rings. The summed E-state index contributed by atoms with van der Waals surface area (Å²) < 4.78 is 11.3. The molecule has 4 rings (SSSR count). The number of anilines is 1. The van der Waals surface area contributed by atoms with Crippen LogP contribution in [0.3, 0.4) is 0 Å². The van der Waals surface area contributed by atoms with Gasteiger partial charge in [0, 0.05) is 29.6 Å². The third kappa shape index (κ3) is 6.00. The predicted molar refractivity (Wildman–Crippen MR) is 127 cm³/mol. The molecular formula is C25H26N4O4. The van der Waals surface area contributed by atoms with Gasteiger partial charge in [0.05, 0.1) is 19.4 Å². The Hall–Kier alpha value is -4.07. The van der Waals surface area contributed by atoms with Crippen LogP contribution in [0.25, 0.3) is 11.1 Å². The van der Waals surface area contributed by atoms with Crippen LogP contribution in [0.2, 0.25) is 0 Å². The summed E-state index contributed by atoms with van der Waals surface area (Å²) in [5.41, 5.74) is 4.30. The highest BCUT2D eigenvalue weighted by Crippen LogP contribution is 2.31. The van der Waals surface area contributed by atoms with Gasteiger partial charge in [0.1, 0.15) is 18.1 Å². The number of aryl methyl sites for hydroxylation is 1. The number of para-hydroxylation sites is 1. The molecule has 8 nitrogen and oxygen atoms in total. The van der Waals surface area contributed by atoms with Gasteiger partial charge in [0.25, 0.3) is 0 Å². The van der Waals surface area contributed by atoms with Crippen LogP contribution >= 0.6 is 0 Å². The quantitative estimate of drug-likeness (QED) is 0.535. The number of urea groups is 1. The van der Waals surface area contributed by atoms with Gasteiger partial charge in [-0.25, -0.2) is 4.79 Å². The lowest BCUT2D eigenvalue weighted by Gasteiger charge is -2.14. The van der Waals surface area contributed by atoms with E-state index in [-0.39, 0.29) is 12.1 Å². The van der Waals surface area contributed by atoms with Gasteiger partial charge in [-0.3, -0.25) is 4.98 Å². The monoisotopic (exact) mass is 446 g/mol. The molecule has 2 aromatic carbocycles. The van der Waals surface area contributed by atoms with Crippen molar-refractivity contribution in [3.05, 3.63) is 72.6 Å². The molecule has 1 atom stereocenters. The molecule has 0 bridgehead atoms. The topological polar surface area (TPSA) is 94.1 Å². The van der Waals surface area contributed by atoms with Crippen molar-refractivity contribution in [1.29, 1.82) is 0 Å². The summed E-state index contributed by atoms with van der Waals surface area (Å²) in [4.78, 5) is 21.7. The number of aromatic nitrogens is 1. The molecule has 2 amide bonds. The van der Waals surface area contributed by atoms with Gasteiger partial charge in [-0.2, -0.15) is 0 Å². The van der Waals surface area contributed by atoms with Gasteiger partial charge >= 0.3 is 6.03 Å². The normalized spacial score (nSPS) is 14.7. The molecule has 1 aliphatic heterocycles. The molecule has 170 valence electrons. The first-order chi connectivity index (χ1) is 16.1. The Bertz CT molecular complexity index is 1130. The highest BCUT2D eigenvalue weighted by atomic mass is 16.7. The summed E-state index contributed by atoms with van der Waals surface area (Å²) in [6.45, 7) is 2.52. The Balaban J connectivity index is 1.25. The van der Waals surface area contributed by atoms with E-state index in [0.29, 0.717) is 25.3 Å². The van der Waals surface area contributed by atoms with E-state index in [9.17, 15) is 4.79 Å². The van der Waals surface area contributed by atoms with E-state index < -0.39 is 0 Å². The van der Waals surface area contributed by atoms with E-state index in [2.05, 4.69) is 20.8 Å². The maximum absolute atomic E-state index is 12.1. The van der Waals surface area contributed by atoms with Crippen molar-refractivity contribution in [2.45, 2.75) is 19.4 Å². The highest BCUT2D eigenvalue weighted by molar-refractivity contribution is 5.94. The SMILES string of the molecule is COc1ccc(-c2ccccc2OCC2CC(CNC(=O)Nc3ccnc(C)c3)=NO2)cc1. The van der Waals surface area contributed by atoms with E-state index in [0.717, 1.165) is 34.0 Å². The standard InChI is InChI=1S/C25H26N4O4/c1-17-13-19(11-12-26-17)28-25(30)27-15-20-14-22(33-29-20)16-32-24-6-4-3-5-23(24)18-7-9-21(31-2)10-8-18/h3-13,22H,14-16H2,1-2H3,(H2,26,27,28,30). The van der Waals surface area contributed by atoms with Gasteiger partial charge in [0.15, 0.2) is 6.10 Å². The molecule has 0 fully saturated rings. The number of ether oxygens (including phenoxy) is 2. The van der Waals surface area contributed by atoms with Crippen molar-refractivity contribution in [3.63, 3.8) is 0 Å². The van der Waals surface area contributed by atoms with Crippen LogP contribution in [-0.4, -0.2) is 43.1 Å². The minimum Gasteiger partial charge on any atom is -0.497 e. The second-order valence-corrected chi connectivity index (χ2v) is 7.62. The van der Waals surface area contributed by atoms with Crippen molar-refractivity contribution in [1.82, 2.24) is 10.3 Å². The highest BCUT2D eigenvalue weighted by Gasteiger charge is 2.22. The number of nitrogens with zero attached hydrogens (tertiary/aromatic N) is 2. The number of hydrogen-bond donors (Lipinski definition) is 2. The summed E-state index contributed by atoms with van der Waals surface area (Å²) in [6, 6.07) is 18.9. The van der Waals surface area contributed by atoms with E-state index in [4.69, 9.17) is 14.3 Å². The number of nitrogens with one attached hydrogen (secondary N) is 2. The second kappa shape index (κ2) is 10.5. The van der Waals surface area contributed by atoms with Crippen LogP contribution in [0.1, 0.15) is 12.1 Å². The number of hydrogen-bond acceptors (Lipinski definition) is 6. The fourth-order valence-corrected chi connectivity index (χ4v) is 3.45. The summed E-state index contributed by atoms with van der Waals surface area (Å²) in [5, 5.41) is 9.66. The third-order valence-corrected chi connectivity index (χ3v) is 5.11. The lowest BCUT2D eigenvalue weighted by atomic mass is 10.0. The Morgan fingerprint density at radius 2 is 1.97 bits per heavy atom. The molecule has 33 heavy (non-hydrogen) atoms. The number of carbonyl (C=O) groups excluding carboxylic acids is 1. The fourth-order valence-electron chi connectivity index (χ4n) is 3.45. The fraction of sp³-hybridized carbons (Fsp3) is 0.240. The van der Waals surface area contributed by atoms with Crippen molar-refractivity contribution in [2.24, 2.45) is 5.16 Å². The Labute approximate surface area is 192 Å². The smallest absolute Gasteiger partial charge is 0.319 e. The van der Waals surface area contributed by atoms with Crippen LogP contribution in [0, 0.1) is 6.92 Å². The van der Waals surface area contributed by atoms with Gasteiger partial charge in [0.2, 0.25) is 0 Å². The van der Waals surface area contributed by atoms with Crippen LogP contribution in [0.5, 0.6) is 11.5 Å². The number of methoxy groups -OCH3 is 1. The lowest BCUT2D eigenvalue weighted by molar-refractivity contribution is 0.0472. The first-order valence-electron chi connectivity index (χ1n) is 10.7. The van der Waals surface area contributed by atoms with Crippen molar-refractivity contribution >= 4 is 17.4 Å². The first kappa shape index (κ1) is 22.1. The van der Waals surface area contributed by atoms with Crippen molar-refractivity contribution < 1.29 is 19.1 Å². The minimum absolute atomic E-state index is 0.211. The molecule has 0 spiro atoms. The van der Waals surface area contributed by atoms with Crippen molar-refractivity contribution in [3.8, 4) is 22.6 Å².